The summed E-state index contributed by atoms with van der Waals surface area (Å²) in [6.45, 7) is -0.413. The summed E-state index contributed by atoms with van der Waals surface area (Å²) in [6, 6.07) is 0. The van der Waals surface area contributed by atoms with E-state index in [1.165, 1.54) is 6.08 Å². The van der Waals surface area contributed by atoms with E-state index in [1.807, 2.05) is 0 Å². The van der Waals surface area contributed by atoms with Crippen molar-refractivity contribution in [2.24, 2.45) is 0 Å². The van der Waals surface area contributed by atoms with Crippen LogP contribution in [0.15, 0.2) is 17.9 Å². The molecule has 0 N–H and O–H groups in total. The van der Waals surface area contributed by atoms with Gasteiger partial charge in [-0.1, -0.05) is 0 Å². The van der Waals surface area contributed by atoms with Crippen LogP contribution in [0.2, 0.25) is 0 Å². The van der Waals surface area contributed by atoms with Gasteiger partial charge < -0.3 is 4.74 Å². The van der Waals surface area contributed by atoms with Gasteiger partial charge >= 0.3 is 16.7 Å². The summed E-state index contributed by atoms with van der Waals surface area (Å²) in [7, 11) is 0. The minimum atomic E-state index is -4.19. The summed E-state index contributed by atoms with van der Waals surface area (Å²) in [5.41, 5.74) is 0. The number of ether oxygens (including phenoxy) is 1. The Morgan fingerprint density at radius 3 is 2.64 bits per heavy atom. The van der Waals surface area contributed by atoms with Crippen molar-refractivity contribution in [3.05, 3.63) is 17.9 Å². The van der Waals surface area contributed by atoms with Gasteiger partial charge in [0.2, 0.25) is 5.76 Å². The highest BCUT2D eigenvalue weighted by molar-refractivity contribution is 9.18. The lowest BCUT2D eigenvalue weighted by Crippen LogP contribution is -2.11. The number of nitrogens with zero attached hydrogens (tertiary/aromatic N) is 1. The van der Waals surface area contributed by atoms with E-state index in [0.717, 1.165) is 0 Å². The van der Waals surface area contributed by atoms with Crippen LogP contribution in [-0.4, -0.2) is 23.3 Å². The van der Waals surface area contributed by atoms with Crippen molar-refractivity contribution < 1.29 is 17.9 Å². The number of allylic oxidation sites excluding steroid dienone is 2. The minimum Gasteiger partial charge on any atom is -0.480 e. The molecule has 0 unspecified atom stereocenters. The average molecular weight is 269 g/mol. The maximum absolute atomic E-state index is 11.7. The first-order chi connectivity index (χ1) is 6.47. The largest absolute Gasteiger partial charge is 0.480 e. The Hall–Kier alpha value is -0.960. The van der Waals surface area contributed by atoms with Crippen molar-refractivity contribution in [1.82, 2.24) is 4.67 Å². The van der Waals surface area contributed by atoms with Gasteiger partial charge in [-0.2, -0.15) is 13.2 Å². The average Bonchev–Trinajstić information content (AvgIpc) is 2.06. The van der Waals surface area contributed by atoms with Crippen molar-refractivity contribution in [2.45, 2.75) is 12.6 Å². The van der Waals surface area contributed by atoms with Crippen LogP contribution in [0.5, 0.6) is 0 Å². The molecule has 0 bridgehead atoms. The van der Waals surface area contributed by atoms with E-state index in [0.29, 0.717) is 4.62 Å². The van der Waals surface area contributed by atoms with Gasteiger partial charge in [-0.3, -0.25) is 0 Å². The van der Waals surface area contributed by atoms with Crippen molar-refractivity contribution in [1.29, 1.82) is 0 Å². The van der Waals surface area contributed by atoms with Crippen LogP contribution in [0.1, 0.15) is 6.42 Å². The normalized spacial score (nSPS) is 15.1. The predicted molar refractivity (Wildman–Crippen MR) is 50.4 cm³/mol. The second-order valence-corrected chi connectivity index (χ2v) is 3.27. The molecule has 1 heterocycles. The first kappa shape index (κ1) is 11.1. The molecule has 2 nitrogen and oxygen atoms in total. The lowest BCUT2D eigenvalue weighted by molar-refractivity contribution is -0.142. The summed E-state index contributed by atoms with van der Waals surface area (Å²) in [6.07, 6.45) is -2.10. The van der Waals surface area contributed by atoms with E-state index in [1.54, 1.807) is 6.08 Å². The summed E-state index contributed by atoms with van der Waals surface area (Å²) >= 11 is 3.07. The zero-order valence-corrected chi connectivity index (χ0v) is 8.52. The highest BCUT2D eigenvalue weighted by Gasteiger charge is 2.27. The molecule has 1 aliphatic heterocycles. The molecule has 14 heavy (non-hydrogen) atoms. The highest BCUT2D eigenvalue weighted by atomic mass is 79.9. The fourth-order valence-electron chi connectivity index (χ4n) is 0.685. The fourth-order valence-corrected chi connectivity index (χ4v) is 0.905. The predicted octanol–water partition coefficient (Wildman–Crippen LogP) is 1.94. The second-order valence-electron chi connectivity index (χ2n) is 2.46. The molecule has 0 saturated heterocycles. The lowest BCUT2D eigenvalue weighted by Gasteiger charge is -2.05. The third-order valence-electron chi connectivity index (χ3n) is 1.29. The molecule has 0 saturated carbocycles. The molecule has 0 atom stereocenters. The maximum atomic E-state index is 11.7. The van der Waals surface area contributed by atoms with Crippen LogP contribution in [0.25, 0.3) is 0 Å². The standard InChI is InChI=1S/C8H6BrF3NO/c9-7-2-1-6(5-13-7)14-4-3-8(10,11)12/h1-2H,3-4H2/q+1. The van der Waals surface area contributed by atoms with E-state index in [9.17, 15) is 13.2 Å². The topological polar surface area (TPSA) is 23.3 Å². The van der Waals surface area contributed by atoms with Crippen LogP contribution >= 0.6 is 15.9 Å². The zero-order valence-electron chi connectivity index (χ0n) is 6.94. The van der Waals surface area contributed by atoms with Crippen LogP contribution in [0, 0.1) is 0 Å². The Bertz CT molecular complexity index is 346. The number of hydrogen-bond donors (Lipinski definition) is 0. The van der Waals surface area contributed by atoms with Gasteiger partial charge in [0.05, 0.1) is 13.0 Å². The summed E-state index contributed by atoms with van der Waals surface area (Å²) in [4.78, 5) is 0. The quantitative estimate of drug-likeness (QED) is 0.718. The van der Waals surface area contributed by atoms with E-state index in [-0.39, 0.29) is 5.76 Å². The molecule has 1 aliphatic rings. The first-order valence-electron chi connectivity index (χ1n) is 3.71. The molecular weight excluding hydrogens is 263 g/mol. The smallest absolute Gasteiger partial charge is 0.392 e. The Balaban J connectivity index is 2.42. The molecule has 0 amide bonds. The molecule has 76 valence electrons. The SMILES string of the molecule is FC(F)(F)CCOC1=C=[N+]=C(Br)C=C1. The van der Waals surface area contributed by atoms with Gasteiger partial charge in [-0.15, -0.1) is 0 Å². The molecule has 0 spiro atoms. The Morgan fingerprint density at radius 1 is 1.43 bits per heavy atom. The molecular formula is C8H6BrF3NO+. The van der Waals surface area contributed by atoms with Gasteiger partial charge in [0.15, 0.2) is 0 Å². The fraction of sp³-hybridized carbons (Fsp3) is 0.375. The molecule has 0 aliphatic carbocycles. The summed E-state index contributed by atoms with van der Waals surface area (Å²) < 4.78 is 44.1. The van der Waals surface area contributed by atoms with E-state index < -0.39 is 19.2 Å². The van der Waals surface area contributed by atoms with Gasteiger partial charge in [0.1, 0.15) is 0 Å². The molecule has 1 rings (SSSR count). The number of rotatable bonds is 3. The lowest BCUT2D eigenvalue weighted by atomic mass is 10.4. The van der Waals surface area contributed by atoms with Crippen LogP contribution in [0.4, 0.5) is 13.2 Å². The Morgan fingerprint density at radius 2 is 2.14 bits per heavy atom. The number of halogens is 4. The molecule has 0 aromatic rings. The monoisotopic (exact) mass is 268 g/mol. The number of hydrogen-bond acceptors (Lipinski definition) is 1. The van der Waals surface area contributed by atoms with Crippen molar-refractivity contribution >= 4 is 26.4 Å². The third kappa shape index (κ3) is 4.33. The molecule has 0 aromatic heterocycles. The second kappa shape index (κ2) is 4.51. The summed E-state index contributed by atoms with van der Waals surface area (Å²) in [5.74, 6) is 2.64. The Kier molecular flexibility index (Phi) is 3.58. The molecule has 0 fully saturated rings. The van der Waals surface area contributed by atoms with Crippen molar-refractivity contribution in [3.8, 4) is 0 Å². The van der Waals surface area contributed by atoms with Gasteiger partial charge in [-0.05, 0) is 4.67 Å². The molecule has 6 heteroatoms. The number of alkyl halides is 3. The highest BCUT2D eigenvalue weighted by Crippen LogP contribution is 2.19. The van der Waals surface area contributed by atoms with Gasteiger partial charge in [-0.25, -0.2) is 0 Å². The van der Waals surface area contributed by atoms with Crippen molar-refractivity contribution in [2.75, 3.05) is 6.61 Å². The van der Waals surface area contributed by atoms with E-state index >= 15 is 0 Å². The maximum Gasteiger partial charge on any atom is 0.392 e. The summed E-state index contributed by atoms with van der Waals surface area (Å²) in [5, 5.41) is 0. The van der Waals surface area contributed by atoms with E-state index in [2.05, 4.69) is 26.5 Å². The van der Waals surface area contributed by atoms with Crippen molar-refractivity contribution in [3.63, 3.8) is 0 Å². The zero-order chi connectivity index (χ0) is 10.6. The third-order valence-corrected chi connectivity index (χ3v) is 1.73. The molecule has 0 aromatic carbocycles. The van der Waals surface area contributed by atoms with Gasteiger partial charge in [0.25, 0.3) is 0 Å². The van der Waals surface area contributed by atoms with E-state index in [4.69, 9.17) is 4.74 Å². The molecule has 0 radical (unpaired) electrons. The first-order valence-corrected chi connectivity index (χ1v) is 4.50. The Labute approximate surface area is 86.6 Å². The van der Waals surface area contributed by atoms with Crippen LogP contribution < -0.4 is 4.67 Å². The minimum absolute atomic E-state index is 0.206. The van der Waals surface area contributed by atoms with Gasteiger partial charge in [0, 0.05) is 28.1 Å². The van der Waals surface area contributed by atoms with Crippen LogP contribution in [0.3, 0.4) is 0 Å². The van der Waals surface area contributed by atoms with Crippen LogP contribution in [-0.2, 0) is 4.74 Å².